The number of hydrogen-bond donors (Lipinski definition) is 2. The van der Waals surface area contributed by atoms with Gasteiger partial charge in [0.2, 0.25) is 11.1 Å². The molecule has 1 unspecified atom stereocenters. The molecule has 2 N–H and O–H groups in total. The summed E-state index contributed by atoms with van der Waals surface area (Å²) in [5.74, 6) is 2.30. The molecule has 5 rings (SSSR count). The molecule has 11 heteroatoms. The average Bonchev–Trinajstić information content (AvgIpc) is 3.40. The Kier molecular flexibility index (Phi) is 10.1. The number of anilines is 2. The number of ether oxygens (including phenoxy) is 2. The molecule has 1 aliphatic rings. The lowest BCUT2D eigenvalue weighted by molar-refractivity contribution is -0.113. The molecule has 0 saturated carbocycles. The van der Waals surface area contributed by atoms with Crippen LogP contribution in [0.2, 0.25) is 10.0 Å². The van der Waals surface area contributed by atoms with E-state index in [4.69, 9.17) is 42.8 Å². The van der Waals surface area contributed by atoms with Crippen molar-refractivity contribution >= 4 is 52.5 Å². The lowest BCUT2D eigenvalue weighted by Gasteiger charge is -2.29. The molecule has 0 spiro atoms. The lowest BCUT2D eigenvalue weighted by Crippen LogP contribution is -2.31. The highest BCUT2D eigenvalue weighted by molar-refractivity contribution is 7.99. The van der Waals surface area contributed by atoms with Gasteiger partial charge in [0.05, 0.1) is 12.7 Å². The maximum atomic E-state index is 14.0. The third-order valence-corrected chi connectivity index (χ3v) is 9.07. The fourth-order valence-electron chi connectivity index (χ4n) is 4.95. The van der Waals surface area contributed by atoms with Crippen molar-refractivity contribution in [2.75, 3.05) is 23.5 Å². The van der Waals surface area contributed by atoms with Crippen molar-refractivity contribution in [3.05, 3.63) is 98.2 Å². The Morgan fingerprint density at radius 2 is 1.91 bits per heavy atom. The van der Waals surface area contributed by atoms with Gasteiger partial charge in [-0.2, -0.15) is 4.98 Å². The molecule has 3 aromatic carbocycles. The van der Waals surface area contributed by atoms with Crippen LogP contribution in [0.3, 0.4) is 0 Å². The zero-order valence-electron chi connectivity index (χ0n) is 25.3. The minimum absolute atomic E-state index is 0.229. The number of carbonyl (C=O) groups excluding carboxylic acids is 1. The molecule has 0 radical (unpaired) electrons. The van der Waals surface area contributed by atoms with E-state index in [1.165, 1.54) is 0 Å². The number of aryl methyl sites for hydroxylation is 1. The highest BCUT2D eigenvalue weighted by atomic mass is 35.5. The number of thioether (sulfide) groups is 1. The molecule has 1 aliphatic heterocycles. The van der Waals surface area contributed by atoms with Gasteiger partial charge in [0, 0.05) is 32.7 Å². The molecule has 1 amide bonds. The molecule has 4 aromatic rings. The number of nitrogens with zero attached hydrogens (tertiary/aromatic N) is 3. The third-order valence-electron chi connectivity index (χ3n) is 7.56. The van der Waals surface area contributed by atoms with Crippen molar-refractivity contribution in [2.24, 2.45) is 0 Å². The first-order valence-electron chi connectivity index (χ1n) is 14.4. The monoisotopic (exact) mass is 651 g/mol. The summed E-state index contributed by atoms with van der Waals surface area (Å²) in [6.07, 6.45) is 2.15. The van der Waals surface area contributed by atoms with E-state index in [1.54, 1.807) is 35.7 Å². The highest BCUT2D eigenvalue weighted by Crippen LogP contribution is 2.40. The number of rotatable bonds is 11. The van der Waals surface area contributed by atoms with E-state index >= 15 is 0 Å². The molecule has 230 valence electrons. The van der Waals surface area contributed by atoms with Crippen molar-refractivity contribution in [1.82, 2.24) is 14.8 Å². The summed E-state index contributed by atoms with van der Waals surface area (Å²) in [4.78, 5) is 18.8. The summed E-state index contributed by atoms with van der Waals surface area (Å²) >= 11 is 14.0. The van der Waals surface area contributed by atoms with E-state index in [-0.39, 0.29) is 12.5 Å². The second-order valence-electron chi connectivity index (χ2n) is 10.6. The third kappa shape index (κ3) is 6.85. The SMILES string of the molecule is CCCCSc1nc2n(n1)C(c1ccc(OCc3ccc(Cl)cc3Cl)c(OC)c1)C(C(=O)Nc1cccc(C)c1C)=C(C)N2. The van der Waals surface area contributed by atoms with Crippen LogP contribution >= 0.6 is 35.0 Å². The molecule has 44 heavy (non-hydrogen) atoms. The van der Waals surface area contributed by atoms with Gasteiger partial charge in [0.15, 0.2) is 11.5 Å². The first kappa shape index (κ1) is 31.8. The number of fused-ring (bicyclic) bond motifs is 1. The summed E-state index contributed by atoms with van der Waals surface area (Å²) < 4.78 is 13.6. The molecule has 8 nitrogen and oxygen atoms in total. The zero-order valence-corrected chi connectivity index (χ0v) is 27.7. The minimum Gasteiger partial charge on any atom is -0.493 e. The van der Waals surface area contributed by atoms with Gasteiger partial charge in [-0.3, -0.25) is 4.79 Å². The summed E-state index contributed by atoms with van der Waals surface area (Å²) in [5.41, 5.74) is 5.68. The molecule has 1 aromatic heterocycles. The van der Waals surface area contributed by atoms with Gasteiger partial charge in [0.25, 0.3) is 5.91 Å². The van der Waals surface area contributed by atoms with Gasteiger partial charge < -0.3 is 20.1 Å². The topological polar surface area (TPSA) is 90.3 Å². The Morgan fingerprint density at radius 1 is 1.09 bits per heavy atom. The van der Waals surface area contributed by atoms with Crippen LogP contribution in [0.5, 0.6) is 11.5 Å². The molecule has 0 fully saturated rings. The predicted molar refractivity (Wildman–Crippen MR) is 178 cm³/mol. The first-order valence-corrected chi connectivity index (χ1v) is 16.1. The number of aromatic nitrogens is 3. The smallest absolute Gasteiger partial charge is 0.255 e. The van der Waals surface area contributed by atoms with Crippen LogP contribution in [0.25, 0.3) is 0 Å². The van der Waals surface area contributed by atoms with Crippen molar-refractivity contribution in [2.45, 2.75) is 58.3 Å². The van der Waals surface area contributed by atoms with E-state index in [9.17, 15) is 4.79 Å². The number of carbonyl (C=O) groups is 1. The number of nitrogens with one attached hydrogen (secondary N) is 2. The fraction of sp³-hybridized carbons (Fsp3) is 0.303. The van der Waals surface area contributed by atoms with Crippen molar-refractivity contribution in [3.8, 4) is 11.5 Å². The van der Waals surface area contributed by atoms with Crippen LogP contribution < -0.4 is 20.1 Å². The van der Waals surface area contributed by atoms with Crippen molar-refractivity contribution in [3.63, 3.8) is 0 Å². The molecular weight excluding hydrogens is 617 g/mol. The standard InChI is InChI=1S/C33H35Cl2N5O3S/c1-6-7-15-44-33-38-32-36-21(4)29(31(41)37-26-10-8-9-19(2)20(26)3)30(40(32)39-33)22-12-14-27(28(16-22)42-5)43-18-23-11-13-24(34)17-25(23)35/h8-14,16-17,30H,6-7,15,18H2,1-5H3,(H,37,41)(H,36,38,39). The maximum Gasteiger partial charge on any atom is 0.255 e. The Morgan fingerprint density at radius 3 is 2.66 bits per heavy atom. The van der Waals surface area contributed by atoms with E-state index in [1.807, 2.05) is 63.2 Å². The van der Waals surface area contributed by atoms with Gasteiger partial charge in [-0.1, -0.05) is 72.6 Å². The second-order valence-corrected chi connectivity index (χ2v) is 12.5. The predicted octanol–water partition coefficient (Wildman–Crippen LogP) is 8.61. The van der Waals surface area contributed by atoms with E-state index in [0.717, 1.165) is 46.5 Å². The molecule has 0 bridgehead atoms. The van der Waals surface area contributed by atoms with Crippen LogP contribution in [0.1, 0.15) is 55.0 Å². The largest absolute Gasteiger partial charge is 0.493 e. The van der Waals surface area contributed by atoms with E-state index in [2.05, 4.69) is 17.6 Å². The normalized spacial score (nSPS) is 14.2. The Balaban J connectivity index is 1.51. The summed E-state index contributed by atoms with van der Waals surface area (Å²) in [6.45, 7) is 8.29. The Hall–Kier alpha value is -3.66. The van der Waals surface area contributed by atoms with Crippen LogP contribution in [0, 0.1) is 13.8 Å². The highest BCUT2D eigenvalue weighted by Gasteiger charge is 2.35. The summed E-state index contributed by atoms with van der Waals surface area (Å²) in [5, 5.41) is 13.0. The number of amides is 1. The number of benzene rings is 3. The van der Waals surface area contributed by atoms with Gasteiger partial charge in [-0.25, -0.2) is 4.68 Å². The van der Waals surface area contributed by atoms with Gasteiger partial charge >= 0.3 is 0 Å². The number of halogens is 2. The zero-order chi connectivity index (χ0) is 31.4. The molecule has 1 atom stereocenters. The van der Waals surface area contributed by atoms with Gasteiger partial charge in [0.1, 0.15) is 12.6 Å². The molecule has 0 saturated heterocycles. The van der Waals surface area contributed by atoms with Crippen LogP contribution in [-0.2, 0) is 11.4 Å². The van der Waals surface area contributed by atoms with Crippen molar-refractivity contribution in [1.29, 1.82) is 0 Å². The molecule has 0 aliphatic carbocycles. The van der Waals surface area contributed by atoms with Crippen LogP contribution in [0.4, 0.5) is 11.6 Å². The summed E-state index contributed by atoms with van der Waals surface area (Å²) in [6, 6.07) is 16.2. The number of hydrogen-bond acceptors (Lipinski definition) is 7. The Bertz CT molecular complexity index is 1720. The molecular formula is C33H35Cl2N5O3S. The van der Waals surface area contributed by atoms with Gasteiger partial charge in [-0.05, 0) is 74.2 Å². The number of allylic oxidation sites excluding steroid dienone is 1. The van der Waals surface area contributed by atoms with E-state index in [0.29, 0.717) is 43.9 Å². The van der Waals surface area contributed by atoms with Gasteiger partial charge in [-0.15, -0.1) is 5.10 Å². The number of unbranched alkanes of at least 4 members (excludes halogenated alkanes) is 1. The van der Waals surface area contributed by atoms with Crippen LogP contribution in [0.15, 0.2) is 71.0 Å². The fourth-order valence-corrected chi connectivity index (χ4v) is 6.32. The Labute approximate surface area is 272 Å². The number of methoxy groups -OCH3 is 1. The first-order chi connectivity index (χ1) is 21.2. The van der Waals surface area contributed by atoms with Crippen LogP contribution in [-0.4, -0.2) is 33.5 Å². The summed E-state index contributed by atoms with van der Waals surface area (Å²) in [7, 11) is 1.59. The maximum absolute atomic E-state index is 14.0. The second kappa shape index (κ2) is 14.0. The minimum atomic E-state index is -0.571. The lowest BCUT2D eigenvalue weighted by atomic mass is 9.94. The van der Waals surface area contributed by atoms with Crippen molar-refractivity contribution < 1.29 is 14.3 Å². The average molecular weight is 653 g/mol. The molecule has 2 heterocycles. The van der Waals surface area contributed by atoms with E-state index < -0.39 is 6.04 Å². The quantitative estimate of drug-likeness (QED) is 0.124.